The molecule has 0 N–H and O–H groups in total. The number of furan rings is 1. The van der Waals surface area contributed by atoms with Crippen LogP contribution in [0.1, 0.15) is 25.0 Å². The molecule has 7 aromatic carbocycles. The lowest BCUT2D eigenvalue weighted by molar-refractivity contribution is 0.647. The van der Waals surface area contributed by atoms with Crippen LogP contribution in [-0.2, 0) is 5.41 Å². The van der Waals surface area contributed by atoms with Crippen molar-refractivity contribution >= 4 is 43.7 Å². The molecule has 5 heteroatoms. The van der Waals surface area contributed by atoms with Gasteiger partial charge in [-0.05, 0) is 63.7 Å². The number of nitrogens with zero attached hydrogens (tertiary/aromatic N) is 4. The molecule has 0 fully saturated rings. The van der Waals surface area contributed by atoms with Crippen LogP contribution in [0.3, 0.4) is 0 Å². The molecule has 3 heterocycles. The fourth-order valence-electron chi connectivity index (χ4n) is 8.51. The van der Waals surface area contributed by atoms with E-state index in [-0.39, 0.29) is 5.41 Å². The molecule has 10 aromatic rings. The van der Waals surface area contributed by atoms with Crippen molar-refractivity contribution in [2.45, 2.75) is 19.3 Å². The molecule has 0 radical (unpaired) electrons. The summed E-state index contributed by atoms with van der Waals surface area (Å²) in [4.78, 5) is 15.3. The normalized spacial score (nSPS) is 13.2. The van der Waals surface area contributed by atoms with Gasteiger partial charge in [-0.25, -0.2) is 4.98 Å². The van der Waals surface area contributed by atoms with E-state index in [0.717, 1.165) is 66.0 Å². The molecule has 0 amide bonds. The summed E-state index contributed by atoms with van der Waals surface area (Å²) in [6, 6.07) is 55.3. The van der Waals surface area contributed by atoms with Crippen molar-refractivity contribution in [1.82, 2.24) is 19.5 Å². The first-order valence-electron chi connectivity index (χ1n) is 18.0. The van der Waals surface area contributed by atoms with Crippen molar-refractivity contribution in [3.05, 3.63) is 169 Å². The third-order valence-electron chi connectivity index (χ3n) is 11.1. The number of hydrogen-bond donors (Lipinski definition) is 0. The Labute approximate surface area is 305 Å². The number of fused-ring (bicyclic) bond motifs is 9. The van der Waals surface area contributed by atoms with Gasteiger partial charge in [0.25, 0.3) is 0 Å². The number of aromatic nitrogens is 4. The molecule has 1 aliphatic carbocycles. The average molecular weight is 681 g/mol. The Hall–Kier alpha value is -6.85. The number of rotatable bonds is 4. The molecular formula is C48H32N4O. The monoisotopic (exact) mass is 680 g/mol. The Bertz CT molecular complexity index is 3020. The lowest BCUT2D eigenvalue weighted by atomic mass is 9.82. The van der Waals surface area contributed by atoms with Gasteiger partial charge in [-0.1, -0.05) is 141 Å². The van der Waals surface area contributed by atoms with Crippen molar-refractivity contribution in [3.8, 4) is 51.0 Å². The quantitative estimate of drug-likeness (QED) is 0.186. The topological polar surface area (TPSA) is 56.7 Å². The standard InChI is InChI=1S/C48H32N4O/c1-48(2)38-21-11-9-18-33(38)36-27-37-43(28-39(36)48)53-42-23-13-20-32(44(37)42)31-24-25-35-34-19-10-12-22-40(34)52(41(35)26-31)47-50-45(29-14-5-3-6-15-29)49-46(51-47)30-16-7-4-8-17-30/h3-28H,1-2H3. The van der Waals surface area contributed by atoms with Crippen molar-refractivity contribution in [2.24, 2.45) is 0 Å². The maximum Gasteiger partial charge on any atom is 0.238 e. The molecule has 0 unspecified atom stereocenters. The zero-order valence-electron chi connectivity index (χ0n) is 29.2. The first kappa shape index (κ1) is 29.8. The van der Waals surface area contributed by atoms with Crippen LogP contribution < -0.4 is 0 Å². The molecule has 11 rings (SSSR count). The summed E-state index contributed by atoms with van der Waals surface area (Å²) >= 11 is 0. The Morgan fingerprint density at radius 1 is 0.453 bits per heavy atom. The Morgan fingerprint density at radius 2 is 1.11 bits per heavy atom. The van der Waals surface area contributed by atoms with Crippen LogP contribution in [0, 0.1) is 0 Å². The maximum atomic E-state index is 6.64. The van der Waals surface area contributed by atoms with Gasteiger partial charge in [0.05, 0.1) is 11.0 Å². The van der Waals surface area contributed by atoms with Gasteiger partial charge in [-0.15, -0.1) is 0 Å². The molecule has 0 spiro atoms. The predicted octanol–water partition coefficient (Wildman–Crippen LogP) is 12.2. The predicted molar refractivity (Wildman–Crippen MR) is 215 cm³/mol. The van der Waals surface area contributed by atoms with Gasteiger partial charge in [-0.3, -0.25) is 4.57 Å². The summed E-state index contributed by atoms with van der Waals surface area (Å²) in [5.41, 5.74) is 13.1. The minimum Gasteiger partial charge on any atom is -0.456 e. The van der Waals surface area contributed by atoms with Gasteiger partial charge in [0.2, 0.25) is 5.95 Å². The van der Waals surface area contributed by atoms with Gasteiger partial charge in [-0.2, -0.15) is 9.97 Å². The highest BCUT2D eigenvalue weighted by Crippen LogP contribution is 2.51. The molecule has 0 saturated heterocycles. The van der Waals surface area contributed by atoms with E-state index < -0.39 is 0 Å². The van der Waals surface area contributed by atoms with Gasteiger partial charge >= 0.3 is 0 Å². The van der Waals surface area contributed by atoms with E-state index in [4.69, 9.17) is 19.4 Å². The SMILES string of the molecule is CC1(C)c2ccccc2-c2cc3c(cc21)oc1cccc(-c2ccc4c5ccccc5n(-c5nc(-c6ccccc6)nc(-c6ccccc6)n5)c4c2)c13. The smallest absolute Gasteiger partial charge is 0.238 e. The highest BCUT2D eigenvalue weighted by Gasteiger charge is 2.36. The van der Waals surface area contributed by atoms with E-state index in [9.17, 15) is 0 Å². The molecule has 0 aliphatic heterocycles. The zero-order chi connectivity index (χ0) is 35.3. The van der Waals surface area contributed by atoms with E-state index >= 15 is 0 Å². The minimum atomic E-state index is -0.101. The van der Waals surface area contributed by atoms with Crippen molar-refractivity contribution < 1.29 is 4.42 Å². The van der Waals surface area contributed by atoms with Gasteiger partial charge < -0.3 is 4.42 Å². The van der Waals surface area contributed by atoms with E-state index in [1.54, 1.807) is 0 Å². The molecule has 1 aliphatic rings. The molecule has 3 aromatic heterocycles. The summed E-state index contributed by atoms with van der Waals surface area (Å²) in [7, 11) is 0. The van der Waals surface area contributed by atoms with Gasteiger partial charge in [0.1, 0.15) is 11.2 Å². The van der Waals surface area contributed by atoms with E-state index in [0.29, 0.717) is 17.6 Å². The summed E-state index contributed by atoms with van der Waals surface area (Å²) in [5.74, 6) is 1.83. The number of benzene rings is 7. The lowest BCUT2D eigenvalue weighted by Crippen LogP contribution is -2.14. The lowest BCUT2D eigenvalue weighted by Gasteiger charge is -2.21. The summed E-state index contributed by atoms with van der Waals surface area (Å²) < 4.78 is 8.83. The number of para-hydroxylation sites is 1. The maximum absolute atomic E-state index is 6.64. The van der Waals surface area contributed by atoms with Crippen LogP contribution in [0.25, 0.3) is 94.7 Å². The Morgan fingerprint density at radius 3 is 1.89 bits per heavy atom. The zero-order valence-corrected chi connectivity index (χ0v) is 29.2. The molecule has 0 saturated carbocycles. The van der Waals surface area contributed by atoms with Crippen molar-refractivity contribution in [2.75, 3.05) is 0 Å². The summed E-state index contributed by atoms with van der Waals surface area (Å²) in [5, 5.41) is 4.52. The second-order valence-corrected chi connectivity index (χ2v) is 14.4. The van der Waals surface area contributed by atoms with Crippen LogP contribution in [-0.4, -0.2) is 19.5 Å². The van der Waals surface area contributed by atoms with Crippen LogP contribution in [0.15, 0.2) is 162 Å². The Balaban J connectivity index is 1.16. The second kappa shape index (κ2) is 11.1. The molecular weight excluding hydrogens is 649 g/mol. The number of hydrogen-bond acceptors (Lipinski definition) is 4. The van der Waals surface area contributed by atoms with Crippen LogP contribution in [0.4, 0.5) is 0 Å². The van der Waals surface area contributed by atoms with Crippen LogP contribution in [0.2, 0.25) is 0 Å². The fourth-order valence-corrected chi connectivity index (χ4v) is 8.51. The molecule has 53 heavy (non-hydrogen) atoms. The highest BCUT2D eigenvalue weighted by molar-refractivity contribution is 6.16. The summed E-state index contributed by atoms with van der Waals surface area (Å²) in [6.45, 7) is 4.62. The van der Waals surface area contributed by atoms with Crippen molar-refractivity contribution in [3.63, 3.8) is 0 Å². The first-order valence-corrected chi connectivity index (χ1v) is 18.0. The van der Waals surface area contributed by atoms with Crippen LogP contribution in [0.5, 0.6) is 0 Å². The molecule has 250 valence electrons. The first-order chi connectivity index (χ1) is 26.0. The van der Waals surface area contributed by atoms with Crippen molar-refractivity contribution in [1.29, 1.82) is 0 Å². The van der Waals surface area contributed by atoms with Crippen LogP contribution >= 0.6 is 0 Å². The van der Waals surface area contributed by atoms with Gasteiger partial charge in [0.15, 0.2) is 11.6 Å². The molecule has 0 atom stereocenters. The average Bonchev–Trinajstić information content (AvgIpc) is 3.82. The van der Waals surface area contributed by atoms with E-state index in [2.05, 4.69) is 115 Å². The third-order valence-corrected chi connectivity index (χ3v) is 11.1. The van der Waals surface area contributed by atoms with E-state index in [1.807, 2.05) is 60.7 Å². The van der Waals surface area contributed by atoms with Gasteiger partial charge in [0, 0.05) is 38.1 Å². The minimum absolute atomic E-state index is 0.101. The summed E-state index contributed by atoms with van der Waals surface area (Å²) in [6.07, 6.45) is 0. The van der Waals surface area contributed by atoms with E-state index in [1.165, 1.54) is 22.3 Å². The largest absolute Gasteiger partial charge is 0.456 e. The molecule has 0 bridgehead atoms. The highest BCUT2D eigenvalue weighted by atomic mass is 16.3. The Kier molecular flexibility index (Phi) is 6.23. The fraction of sp³-hybridized carbons (Fsp3) is 0.0625. The second-order valence-electron chi connectivity index (χ2n) is 14.4. The third kappa shape index (κ3) is 4.40. The molecule has 5 nitrogen and oxygen atoms in total.